The quantitative estimate of drug-likeness (QED) is 0.824. The summed E-state index contributed by atoms with van der Waals surface area (Å²) in [5.74, 6) is 0.200. The fourth-order valence-corrected chi connectivity index (χ4v) is 2.34. The zero-order chi connectivity index (χ0) is 13.5. The van der Waals surface area contributed by atoms with Crippen LogP contribution in [0.3, 0.4) is 0 Å². The number of benzene rings is 1. The largest absolute Gasteiger partial charge is 0.352 e. The molecule has 0 aliphatic heterocycles. The summed E-state index contributed by atoms with van der Waals surface area (Å²) < 4.78 is 0. The average Bonchev–Trinajstić information content (AvgIpc) is 2.34. The molecule has 0 saturated heterocycles. The van der Waals surface area contributed by atoms with Crippen LogP contribution >= 0.6 is 23.2 Å². The second-order valence-electron chi connectivity index (χ2n) is 4.35. The molecule has 0 fully saturated rings. The number of hydrogen-bond donors (Lipinski definition) is 1. The molecule has 1 rings (SSSR count). The highest BCUT2D eigenvalue weighted by Crippen LogP contribution is 2.21. The number of halogens is 2. The van der Waals surface area contributed by atoms with Crippen LogP contribution in [-0.4, -0.2) is 5.91 Å². The topological polar surface area (TPSA) is 29.1 Å². The van der Waals surface area contributed by atoms with Crippen molar-refractivity contribution in [3.63, 3.8) is 0 Å². The van der Waals surface area contributed by atoms with Crippen molar-refractivity contribution in [2.75, 3.05) is 0 Å². The van der Waals surface area contributed by atoms with Gasteiger partial charge in [0.1, 0.15) is 0 Å². The van der Waals surface area contributed by atoms with Crippen molar-refractivity contribution in [2.45, 2.75) is 39.7 Å². The summed E-state index contributed by atoms with van der Waals surface area (Å²) >= 11 is 11.9. The van der Waals surface area contributed by atoms with Crippen LogP contribution in [0.2, 0.25) is 10.0 Å². The Balaban J connectivity index is 2.56. The summed E-state index contributed by atoms with van der Waals surface area (Å²) in [6.45, 7) is 4.58. The van der Waals surface area contributed by atoms with Crippen LogP contribution in [0.4, 0.5) is 0 Å². The van der Waals surface area contributed by atoms with Gasteiger partial charge in [-0.3, -0.25) is 4.79 Å². The molecule has 1 amide bonds. The molecular formula is C14H19Cl2NO. The minimum Gasteiger partial charge on any atom is -0.352 e. The normalized spacial score (nSPS) is 12.2. The van der Waals surface area contributed by atoms with E-state index in [2.05, 4.69) is 12.2 Å². The van der Waals surface area contributed by atoms with Gasteiger partial charge in [0.25, 0.3) is 0 Å². The van der Waals surface area contributed by atoms with Crippen molar-refractivity contribution in [3.05, 3.63) is 33.8 Å². The SMILES string of the molecule is CCCC(CC)C(=O)NCc1ccc(Cl)cc1Cl. The summed E-state index contributed by atoms with van der Waals surface area (Å²) in [7, 11) is 0. The van der Waals surface area contributed by atoms with E-state index in [4.69, 9.17) is 23.2 Å². The number of carbonyl (C=O) groups excluding carboxylic acids is 1. The van der Waals surface area contributed by atoms with Crippen LogP contribution in [-0.2, 0) is 11.3 Å². The number of carbonyl (C=O) groups is 1. The van der Waals surface area contributed by atoms with Crippen LogP contribution in [0.25, 0.3) is 0 Å². The van der Waals surface area contributed by atoms with Gasteiger partial charge >= 0.3 is 0 Å². The fourth-order valence-electron chi connectivity index (χ4n) is 1.86. The van der Waals surface area contributed by atoms with Gasteiger partial charge in [0.2, 0.25) is 5.91 Å². The van der Waals surface area contributed by atoms with E-state index in [0.29, 0.717) is 16.6 Å². The molecule has 1 atom stereocenters. The molecule has 18 heavy (non-hydrogen) atoms. The van der Waals surface area contributed by atoms with Gasteiger partial charge in [-0.15, -0.1) is 0 Å². The molecular weight excluding hydrogens is 269 g/mol. The van der Waals surface area contributed by atoms with Gasteiger partial charge < -0.3 is 5.32 Å². The monoisotopic (exact) mass is 287 g/mol. The molecule has 0 aliphatic carbocycles. The molecule has 0 aromatic heterocycles. The first-order valence-electron chi connectivity index (χ1n) is 6.30. The third-order valence-electron chi connectivity index (χ3n) is 2.97. The maximum atomic E-state index is 11.9. The smallest absolute Gasteiger partial charge is 0.223 e. The van der Waals surface area contributed by atoms with Crippen LogP contribution in [0, 0.1) is 5.92 Å². The summed E-state index contributed by atoms with van der Waals surface area (Å²) in [5.41, 5.74) is 0.890. The van der Waals surface area contributed by atoms with E-state index in [1.807, 2.05) is 13.0 Å². The summed E-state index contributed by atoms with van der Waals surface area (Å²) in [5, 5.41) is 4.12. The summed E-state index contributed by atoms with van der Waals surface area (Å²) in [4.78, 5) is 11.9. The zero-order valence-electron chi connectivity index (χ0n) is 10.8. The van der Waals surface area contributed by atoms with E-state index in [1.165, 1.54) is 0 Å². The van der Waals surface area contributed by atoms with Crippen LogP contribution in [0.1, 0.15) is 38.7 Å². The second-order valence-corrected chi connectivity index (χ2v) is 5.19. The number of amides is 1. The van der Waals surface area contributed by atoms with E-state index in [9.17, 15) is 4.79 Å². The summed E-state index contributed by atoms with van der Waals surface area (Å²) in [6, 6.07) is 5.30. The highest BCUT2D eigenvalue weighted by molar-refractivity contribution is 6.35. The fraction of sp³-hybridized carbons (Fsp3) is 0.500. The van der Waals surface area contributed by atoms with Gasteiger partial charge in [0.05, 0.1) is 0 Å². The third-order valence-corrected chi connectivity index (χ3v) is 3.56. The molecule has 1 N–H and O–H groups in total. The Hall–Kier alpha value is -0.730. The van der Waals surface area contributed by atoms with E-state index in [1.54, 1.807) is 12.1 Å². The molecule has 4 heteroatoms. The van der Waals surface area contributed by atoms with E-state index in [0.717, 1.165) is 24.8 Å². The Morgan fingerprint density at radius 3 is 2.61 bits per heavy atom. The number of rotatable bonds is 6. The van der Waals surface area contributed by atoms with Gasteiger partial charge in [-0.25, -0.2) is 0 Å². The van der Waals surface area contributed by atoms with Crippen LogP contribution < -0.4 is 5.32 Å². The van der Waals surface area contributed by atoms with Crippen LogP contribution in [0.15, 0.2) is 18.2 Å². The molecule has 0 radical (unpaired) electrons. The van der Waals surface area contributed by atoms with Crippen molar-refractivity contribution < 1.29 is 4.79 Å². The highest BCUT2D eigenvalue weighted by atomic mass is 35.5. The molecule has 2 nitrogen and oxygen atoms in total. The lowest BCUT2D eigenvalue weighted by Gasteiger charge is -2.14. The van der Waals surface area contributed by atoms with Gasteiger partial charge in [-0.2, -0.15) is 0 Å². The summed E-state index contributed by atoms with van der Waals surface area (Å²) in [6.07, 6.45) is 2.82. The maximum absolute atomic E-state index is 11.9. The van der Waals surface area contributed by atoms with Gasteiger partial charge in [0.15, 0.2) is 0 Å². The molecule has 0 spiro atoms. The van der Waals surface area contributed by atoms with Crippen molar-refractivity contribution in [2.24, 2.45) is 5.92 Å². The lowest BCUT2D eigenvalue weighted by atomic mass is 10.00. The molecule has 1 aromatic carbocycles. The molecule has 0 heterocycles. The maximum Gasteiger partial charge on any atom is 0.223 e. The number of hydrogen-bond acceptors (Lipinski definition) is 1. The Labute approximate surface area is 119 Å². The lowest BCUT2D eigenvalue weighted by Crippen LogP contribution is -2.30. The first kappa shape index (κ1) is 15.3. The van der Waals surface area contributed by atoms with E-state index >= 15 is 0 Å². The standard InChI is InChI=1S/C14H19Cl2NO/c1-3-5-10(4-2)14(18)17-9-11-6-7-12(15)8-13(11)16/h6-8,10H,3-5,9H2,1-2H3,(H,17,18). The zero-order valence-corrected chi connectivity index (χ0v) is 12.3. The lowest BCUT2D eigenvalue weighted by molar-refractivity contribution is -0.125. The molecule has 100 valence electrons. The van der Waals surface area contributed by atoms with Crippen molar-refractivity contribution in [1.29, 1.82) is 0 Å². The Morgan fingerprint density at radius 1 is 1.33 bits per heavy atom. The Morgan fingerprint density at radius 2 is 2.06 bits per heavy atom. The third kappa shape index (κ3) is 4.51. The molecule has 0 bridgehead atoms. The molecule has 0 saturated carbocycles. The highest BCUT2D eigenvalue weighted by Gasteiger charge is 2.15. The van der Waals surface area contributed by atoms with Gasteiger partial charge in [-0.1, -0.05) is 49.5 Å². The molecule has 1 unspecified atom stereocenters. The first-order valence-corrected chi connectivity index (χ1v) is 7.05. The van der Waals surface area contributed by atoms with E-state index in [-0.39, 0.29) is 11.8 Å². The van der Waals surface area contributed by atoms with E-state index < -0.39 is 0 Å². The molecule has 0 aliphatic rings. The van der Waals surface area contributed by atoms with Crippen molar-refractivity contribution in [1.82, 2.24) is 5.32 Å². The Kier molecular flexibility index (Phi) is 6.51. The predicted molar refractivity (Wildman–Crippen MR) is 77.0 cm³/mol. The predicted octanol–water partition coefficient (Wildman–Crippen LogP) is 4.44. The van der Waals surface area contributed by atoms with Gasteiger partial charge in [0, 0.05) is 22.5 Å². The number of nitrogens with one attached hydrogen (secondary N) is 1. The van der Waals surface area contributed by atoms with Crippen molar-refractivity contribution in [3.8, 4) is 0 Å². The van der Waals surface area contributed by atoms with Crippen LogP contribution in [0.5, 0.6) is 0 Å². The molecule has 1 aromatic rings. The second kappa shape index (κ2) is 7.65. The van der Waals surface area contributed by atoms with Gasteiger partial charge in [-0.05, 0) is 30.5 Å². The van der Waals surface area contributed by atoms with Crippen molar-refractivity contribution >= 4 is 29.1 Å². The Bertz CT molecular complexity index is 407. The minimum atomic E-state index is 0.0982. The average molecular weight is 288 g/mol. The minimum absolute atomic E-state index is 0.0982. The first-order chi connectivity index (χ1) is 8.58.